The van der Waals surface area contributed by atoms with Crippen molar-refractivity contribution in [1.82, 2.24) is 9.80 Å². The first-order valence-corrected chi connectivity index (χ1v) is 7.70. The van der Waals surface area contributed by atoms with Crippen LogP contribution in [0.15, 0.2) is 18.2 Å². The van der Waals surface area contributed by atoms with E-state index in [1.165, 1.54) is 0 Å². The fourth-order valence-electron chi connectivity index (χ4n) is 2.80. The van der Waals surface area contributed by atoms with Gasteiger partial charge in [-0.15, -0.1) is 0 Å². The quantitative estimate of drug-likeness (QED) is 0.661. The van der Waals surface area contributed by atoms with Crippen LogP contribution < -0.4 is 11.3 Å². The second-order valence-electron chi connectivity index (χ2n) is 5.42. The summed E-state index contributed by atoms with van der Waals surface area (Å²) >= 11 is 6.00. The van der Waals surface area contributed by atoms with E-state index in [1.54, 1.807) is 18.2 Å². The van der Waals surface area contributed by atoms with Crippen molar-refractivity contribution < 1.29 is 4.79 Å². The summed E-state index contributed by atoms with van der Waals surface area (Å²) in [6.07, 6.45) is 2.00. The molecule has 0 bridgehead atoms. The first kappa shape index (κ1) is 16.1. The van der Waals surface area contributed by atoms with E-state index in [4.69, 9.17) is 17.4 Å². The number of rotatable bonds is 4. The summed E-state index contributed by atoms with van der Waals surface area (Å²) in [5.74, 6) is 5.44. The molecule has 0 aromatic heterocycles. The van der Waals surface area contributed by atoms with E-state index in [0.29, 0.717) is 16.3 Å². The molecule has 21 heavy (non-hydrogen) atoms. The van der Waals surface area contributed by atoms with Crippen molar-refractivity contribution in [3.8, 4) is 0 Å². The lowest BCUT2D eigenvalue weighted by Crippen LogP contribution is -2.45. The lowest BCUT2D eigenvalue weighted by molar-refractivity contribution is 0.0648. The third-order valence-electron chi connectivity index (χ3n) is 4.24. The Morgan fingerprint density at radius 1 is 1.48 bits per heavy atom. The normalized spacial score (nSPS) is 16.8. The molecule has 0 atom stereocenters. The minimum absolute atomic E-state index is 0.0413. The SMILES string of the molecule is CCN1CCC(N(C)C(=O)c2cc(Cl)ccc2NN)CC1. The molecular weight excluding hydrogens is 288 g/mol. The topological polar surface area (TPSA) is 61.6 Å². The van der Waals surface area contributed by atoms with Crippen LogP contribution in [0.2, 0.25) is 5.02 Å². The van der Waals surface area contributed by atoms with Gasteiger partial charge in [0, 0.05) is 31.2 Å². The number of carbonyl (C=O) groups excluding carboxylic acids is 1. The highest BCUT2D eigenvalue weighted by Crippen LogP contribution is 2.24. The molecule has 116 valence electrons. The molecule has 0 aliphatic carbocycles. The van der Waals surface area contributed by atoms with Crippen molar-refractivity contribution in [3.63, 3.8) is 0 Å². The van der Waals surface area contributed by atoms with Gasteiger partial charge in [-0.1, -0.05) is 18.5 Å². The van der Waals surface area contributed by atoms with Crippen LogP contribution in [0.25, 0.3) is 0 Å². The Balaban J connectivity index is 2.11. The standard InChI is InChI=1S/C15H23ClN4O/c1-3-20-8-6-12(7-9-20)19(2)15(21)13-10-11(16)4-5-14(13)18-17/h4-5,10,12,18H,3,6-9,17H2,1-2H3. The summed E-state index contributed by atoms with van der Waals surface area (Å²) in [5.41, 5.74) is 3.68. The Labute approximate surface area is 131 Å². The van der Waals surface area contributed by atoms with Gasteiger partial charge in [0.05, 0.1) is 11.3 Å². The Kier molecular flexibility index (Phi) is 5.45. The highest BCUT2D eigenvalue weighted by Gasteiger charge is 2.26. The van der Waals surface area contributed by atoms with Gasteiger partial charge in [0.15, 0.2) is 0 Å². The summed E-state index contributed by atoms with van der Waals surface area (Å²) in [7, 11) is 1.86. The second-order valence-corrected chi connectivity index (χ2v) is 5.85. The number of likely N-dealkylation sites (tertiary alicyclic amines) is 1. The van der Waals surface area contributed by atoms with Crippen molar-refractivity contribution in [3.05, 3.63) is 28.8 Å². The van der Waals surface area contributed by atoms with Crippen LogP contribution in [-0.4, -0.2) is 48.4 Å². The van der Waals surface area contributed by atoms with Crippen LogP contribution in [0.1, 0.15) is 30.1 Å². The summed E-state index contributed by atoms with van der Waals surface area (Å²) in [6.45, 7) is 5.31. The number of nitrogen functional groups attached to an aromatic ring is 1. The minimum atomic E-state index is -0.0413. The fourth-order valence-corrected chi connectivity index (χ4v) is 2.97. The van der Waals surface area contributed by atoms with Gasteiger partial charge in [-0.05, 0) is 37.6 Å². The van der Waals surface area contributed by atoms with Crippen molar-refractivity contribution in [2.24, 2.45) is 5.84 Å². The van der Waals surface area contributed by atoms with Gasteiger partial charge in [-0.25, -0.2) is 0 Å². The number of carbonyl (C=O) groups is 1. The number of hydrogen-bond donors (Lipinski definition) is 2. The van der Waals surface area contributed by atoms with Crippen molar-refractivity contribution in [1.29, 1.82) is 0 Å². The zero-order valence-electron chi connectivity index (χ0n) is 12.6. The second kappa shape index (κ2) is 7.11. The van der Waals surface area contributed by atoms with E-state index in [-0.39, 0.29) is 11.9 Å². The smallest absolute Gasteiger partial charge is 0.256 e. The molecule has 6 heteroatoms. The number of nitrogens with two attached hydrogens (primary N) is 1. The maximum atomic E-state index is 12.7. The van der Waals surface area contributed by atoms with Crippen molar-refractivity contribution in [2.45, 2.75) is 25.8 Å². The highest BCUT2D eigenvalue weighted by atomic mass is 35.5. The molecule has 1 heterocycles. The third-order valence-corrected chi connectivity index (χ3v) is 4.48. The Hall–Kier alpha value is -1.30. The molecule has 0 saturated carbocycles. The third kappa shape index (κ3) is 3.67. The van der Waals surface area contributed by atoms with E-state index in [9.17, 15) is 4.79 Å². The van der Waals surface area contributed by atoms with E-state index in [2.05, 4.69) is 17.2 Å². The molecule has 1 fully saturated rings. The van der Waals surface area contributed by atoms with Gasteiger partial charge in [-0.3, -0.25) is 10.6 Å². The number of hydrazine groups is 1. The monoisotopic (exact) mass is 310 g/mol. The van der Waals surface area contributed by atoms with Crippen LogP contribution in [-0.2, 0) is 0 Å². The number of nitrogens with one attached hydrogen (secondary N) is 1. The molecular formula is C15H23ClN4O. The molecule has 1 aromatic rings. The fraction of sp³-hybridized carbons (Fsp3) is 0.533. The highest BCUT2D eigenvalue weighted by molar-refractivity contribution is 6.31. The van der Waals surface area contributed by atoms with E-state index in [0.717, 1.165) is 32.5 Å². The predicted octanol–water partition coefficient (Wildman–Crippen LogP) is 2.18. The Bertz CT molecular complexity index is 500. The molecule has 1 aliphatic heterocycles. The first-order chi connectivity index (χ1) is 10.1. The maximum absolute atomic E-state index is 12.7. The van der Waals surface area contributed by atoms with Gasteiger partial charge in [0.25, 0.3) is 5.91 Å². The molecule has 3 N–H and O–H groups in total. The number of piperidine rings is 1. The van der Waals surface area contributed by atoms with Gasteiger partial charge in [-0.2, -0.15) is 0 Å². The van der Waals surface area contributed by atoms with Crippen LogP contribution in [0.4, 0.5) is 5.69 Å². The molecule has 1 saturated heterocycles. The largest absolute Gasteiger partial charge is 0.339 e. The maximum Gasteiger partial charge on any atom is 0.256 e. The molecule has 1 aromatic carbocycles. The van der Waals surface area contributed by atoms with Crippen LogP contribution in [0.5, 0.6) is 0 Å². The number of benzene rings is 1. The number of amides is 1. The number of hydrogen-bond acceptors (Lipinski definition) is 4. The number of halogens is 1. The van der Waals surface area contributed by atoms with Gasteiger partial charge >= 0.3 is 0 Å². The Morgan fingerprint density at radius 2 is 2.14 bits per heavy atom. The Morgan fingerprint density at radius 3 is 2.71 bits per heavy atom. The summed E-state index contributed by atoms with van der Waals surface area (Å²) in [5, 5.41) is 0.534. The predicted molar refractivity (Wildman–Crippen MR) is 86.5 cm³/mol. The average molecular weight is 311 g/mol. The lowest BCUT2D eigenvalue weighted by Gasteiger charge is -2.36. The van der Waals surface area contributed by atoms with Gasteiger partial charge < -0.3 is 15.2 Å². The molecule has 1 aliphatic rings. The zero-order valence-corrected chi connectivity index (χ0v) is 13.4. The molecule has 5 nitrogen and oxygen atoms in total. The summed E-state index contributed by atoms with van der Waals surface area (Å²) < 4.78 is 0. The molecule has 0 radical (unpaired) electrons. The van der Waals surface area contributed by atoms with E-state index >= 15 is 0 Å². The van der Waals surface area contributed by atoms with Crippen molar-refractivity contribution >= 4 is 23.2 Å². The van der Waals surface area contributed by atoms with Crippen LogP contribution >= 0.6 is 11.6 Å². The van der Waals surface area contributed by atoms with Crippen LogP contribution in [0.3, 0.4) is 0 Å². The minimum Gasteiger partial charge on any atom is -0.339 e. The molecule has 1 amide bonds. The van der Waals surface area contributed by atoms with Crippen LogP contribution in [0, 0.1) is 0 Å². The molecule has 0 unspecified atom stereocenters. The van der Waals surface area contributed by atoms with E-state index < -0.39 is 0 Å². The summed E-state index contributed by atoms with van der Waals surface area (Å²) in [4.78, 5) is 16.9. The van der Waals surface area contributed by atoms with Crippen molar-refractivity contribution in [2.75, 3.05) is 32.1 Å². The summed E-state index contributed by atoms with van der Waals surface area (Å²) in [6, 6.07) is 5.37. The van der Waals surface area contributed by atoms with Gasteiger partial charge in [0.2, 0.25) is 0 Å². The number of nitrogens with zero attached hydrogens (tertiary/aromatic N) is 2. The number of anilines is 1. The molecule has 2 rings (SSSR count). The molecule has 0 spiro atoms. The zero-order chi connectivity index (χ0) is 15.4. The first-order valence-electron chi connectivity index (χ1n) is 7.32. The van der Waals surface area contributed by atoms with E-state index in [1.807, 2.05) is 11.9 Å². The average Bonchev–Trinajstić information content (AvgIpc) is 2.53. The lowest BCUT2D eigenvalue weighted by atomic mass is 10.0. The van der Waals surface area contributed by atoms with Gasteiger partial charge in [0.1, 0.15) is 0 Å².